The van der Waals surface area contributed by atoms with Crippen molar-refractivity contribution in [1.29, 1.82) is 0 Å². The average Bonchev–Trinajstić information content (AvgIpc) is 3.10. The molecule has 0 bridgehead atoms. The van der Waals surface area contributed by atoms with E-state index in [0.717, 1.165) is 52.3 Å². The SMILES string of the molecule is O=C(O)C=Cc1ccc2c(c1)c(CCc1ccccn1)cn2-c1ccc(O)cc1. The molecule has 2 heterocycles. The van der Waals surface area contributed by atoms with Crippen molar-refractivity contribution in [3.8, 4) is 11.4 Å². The lowest BCUT2D eigenvalue weighted by molar-refractivity contribution is -0.131. The molecule has 144 valence electrons. The fourth-order valence-corrected chi connectivity index (χ4v) is 3.42. The first-order valence-electron chi connectivity index (χ1n) is 9.34. The summed E-state index contributed by atoms with van der Waals surface area (Å²) in [7, 11) is 0. The molecule has 2 N–H and O–H groups in total. The van der Waals surface area contributed by atoms with Gasteiger partial charge in [-0.1, -0.05) is 12.1 Å². The van der Waals surface area contributed by atoms with E-state index in [4.69, 9.17) is 5.11 Å². The molecule has 0 amide bonds. The lowest BCUT2D eigenvalue weighted by Crippen LogP contribution is -1.93. The number of carboxylic acid groups (broad SMARTS) is 1. The van der Waals surface area contributed by atoms with Gasteiger partial charge in [-0.2, -0.15) is 0 Å². The van der Waals surface area contributed by atoms with E-state index in [9.17, 15) is 9.90 Å². The van der Waals surface area contributed by atoms with Crippen molar-refractivity contribution in [3.05, 3.63) is 96.0 Å². The van der Waals surface area contributed by atoms with E-state index < -0.39 is 5.97 Å². The summed E-state index contributed by atoms with van der Waals surface area (Å²) < 4.78 is 2.09. The Morgan fingerprint density at radius 1 is 1.03 bits per heavy atom. The van der Waals surface area contributed by atoms with Gasteiger partial charge in [0.1, 0.15) is 5.75 Å². The van der Waals surface area contributed by atoms with E-state index >= 15 is 0 Å². The van der Waals surface area contributed by atoms with Crippen molar-refractivity contribution in [2.45, 2.75) is 12.8 Å². The lowest BCUT2D eigenvalue weighted by Gasteiger charge is -2.05. The number of aryl methyl sites for hydroxylation is 2. The summed E-state index contributed by atoms with van der Waals surface area (Å²) in [5.74, 6) is -0.746. The number of hydrogen-bond acceptors (Lipinski definition) is 3. The van der Waals surface area contributed by atoms with Crippen molar-refractivity contribution in [2.24, 2.45) is 0 Å². The molecule has 4 aromatic rings. The molecule has 0 saturated heterocycles. The van der Waals surface area contributed by atoms with E-state index in [2.05, 4.69) is 15.7 Å². The monoisotopic (exact) mass is 384 g/mol. The molecular weight excluding hydrogens is 364 g/mol. The van der Waals surface area contributed by atoms with Gasteiger partial charge in [-0.3, -0.25) is 4.98 Å². The van der Waals surface area contributed by atoms with Crippen LogP contribution in [0.25, 0.3) is 22.7 Å². The number of phenolic OH excluding ortho intramolecular Hbond substituents is 1. The third kappa shape index (κ3) is 4.19. The van der Waals surface area contributed by atoms with Crippen LogP contribution in [-0.4, -0.2) is 25.7 Å². The highest BCUT2D eigenvalue weighted by molar-refractivity contribution is 5.90. The molecule has 2 aromatic carbocycles. The van der Waals surface area contributed by atoms with Crippen LogP contribution in [0, 0.1) is 0 Å². The van der Waals surface area contributed by atoms with E-state index in [-0.39, 0.29) is 5.75 Å². The normalized spacial score (nSPS) is 11.3. The summed E-state index contributed by atoms with van der Waals surface area (Å²) in [5, 5.41) is 19.6. The topological polar surface area (TPSA) is 75.3 Å². The number of aliphatic carboxylic acids is 1. The van der Waals surface area contributed by atoms with Gasteiger partial charge in [-0.05, 0) is 78.6 Å². The van der Waals surface area contributed by atoms with Crippen LogP contribution in [0.3, 0.4) is 0 Å². The Morgan fingerprint density at radius 3 is 2.59 bits per heavy atom. The standard InChI is InChI=1S/C24H20N2O3/c27-21-10-8-20(9-11-21)26-16-18(6-7-19-3-1-2-14-25-19)22-15-17(4-12-23(22)26)5-13-24(28)29/h1-5,8-16,27H,6-7H2,(H,28,29). The first kappa shape index (κ1) is 18.5. The number of carbonyl (C=O) groups is 1. The maximum absolute atomic E-state index is 10.9. The zero-order valence-electron chi connectivity index (χ0n) is 15.7. The summed E-state index contributed by atoms with van der Waals surface area (Å²) in [6.07, 6.45) is 8.26. The molecule has 29 heavy (non-hydrogen) atoms. The molecule has 2 aromatic heterocycles. The molecule has 5 nitrogen and oxygen atoms in total. The van der Waals surface area contributed by atoms with Crippen molar-refractivity contribution >= 4 is 22.9 Å². The lowest BCUT2D eigenvalue weighted by atomic mass is 10.0. The van der Waals surface area contributed by atoms with Crippen LogP contribution >= 0.6 is 0 Å². The van der Waals surface area contributed by atoms with Gasteiger partial charge in [0.2, 0.25) is 0 Å². The third-order valence-electron chi connectivity index (χ3n) is 4.83. The van der Waals surface area contributed by atoms with Gasteiger partial charge in [0.05, 0.1) is 5.52 Å². The molecule has 5 heteroatoms. The van der Waals surface area contributed by atoms with Crippen molar-refractivity contribution in [2.75, 3.05) is 0 Å². The minimum Gasteiger partial charge on any atom is -0.508 e. The number of aromatic hydroxyl groups is 1. The van der Waals surface area contributed by atoms with Gasteiger partial charge in [0.15, 0.2) is 0 Å². The Labute approximate surface area is 168 Å². The summed E-state index contributed by atoms with van der Waals surface area (Å²) in [4.78, 5) is 15.3. The Bertz CT molecular complexity index is 1180. The van der Waals surface area contributed by atoms with Crippen LogP contribution < -0.4 is 0 Å². The van der Waals surface area contributed by atoms with Crippen LogP contribution in [0.4, 0.5) is 0 Å². The van der Waals surface area contributed by atoms with Gasteiger partial charge in [-0.25, -0.2) is 4.79 Å². The van der Waals surface area contributed by atoms with Gasteiger partial charge in [0, 0.05) is 35.2 Å². The van der Waals surface area contributed by atoms with E-state index in [0.29, 0.717) is 0 Å². The summed E-state index contributed by atoms with van der Waals surface area (Å²) in [6, 6.07) is 18.9. The zero-order valence-corrected chi connectivity index (χ0v) is 15.7. The van der Waals surface area contributed by atoms with Crippen LogP contribution in [0.5, 0.6) is 5.75 Å². The highest BCUT2D eigenvalue weighted by Gasteiger charge is 2.11. The van der Waals surface area contributed by atoms with Crippen LogP contribution in [-0.2, 0) is 17.6 Å². The second kappa shape index (κ2) is 8.02. The summed E-state index contributed by atoms with van der Waals surface area (Å²) in [5.41, 5.74) is 5.00. The molecule has 0 saturated carbocycles. The minimum absolute atomic E-state index is 0.224. The van der Waals surface area contributed by atoms with Gasteiger partial charge in [-0.15, -0.1) is 0 Å². The molecular formula is C24H20N2O3. The smallest absolute Gasteiger partial charge is 0.328 e. The predicted molar refractivity (Wildman–Crippen MR) is 113 cm³/mol. The number of hydrogen-bond donors (Lipinski definition) is 2. The molecule has 0 fully saturated rings. The summed E-state index contributed by atoms with van der Waals surface area (Å²) >= 11 is 0. The summed E-state index contributed by atoms with van der Waals surface area (Å²) in [6.45, 7) is 0. The molecule has 0 aliphatic carbocycles. The predicted octanol–water partition coefficient (Wildman–Crippen LogP) is 4.61. The number of nitrogens with zero attached hydrogens (tertiary/aromatic N) is 2. The number of rotatable bonds is 6. The van der Waals surface area contributed by atoms with Crippen molar-refractivity contribution in [3.63, 3.8) is 0 Å². The number of fused-ring (bicyclic) bond motifs is 1. The highest BCUT2D eigenvalue weighted by atomic mass is 16.4. The van der Waals surface area contributed by atoms with Crippen molar-refractivity contribution in [1.82, 2.24) is 9.55 Å². The Balaban J connectivity index is 1.77. The van der Waals surface area contributed by atoms with Crippen molar-refractivity contribution < 1.29 is 15.0 Å². The second-order valence-electron chi connectivity index (χ2n) is 6.81. The Morgan fingerprint density at radius 2 is 1.86 bits per heavy atom. The van der Waals surface area contributed by atoms with Crippen LogP contribution in [0.15, 0.2) is 79.1 Å². The average molecular weight is 384 g/mol. The quantitative estimate of drug-likeness (QED) is 0.476. The van der Waals surface area contributed by atoms with Gasteiger partial charge >= 0.3 is 5.97 Å². The van der Waals surface area contributed by atoms with E-state index in [1.807, 2.05) is 48.5 Å². The zero-order chi connectivity index (χ0) is 20.2. The van der Waals surface area contributed by atoms with Crippen LogP contribution in [0.1, 0.15) is 16.8 Å². The Kier molecular flexibility index (Phi) is 5.12. The molecule has 0 radical (unpaired) electrons. The largest absolute Gasteiger partial charge is 0.508 e. The third-order valence-corrected chi connectivity index (χ3v) is 4.83. The fourth-order valence-electron chi connectivity index (χ4n) is 3.42. The molecule has 0 aliphatic rings. The fraction of sp³-hybridized carbons (Fsp3) is 0.0833. The first-order chi connectivity index (χ1) is 14.1. The van der Waals surface area contributed by atoms with Crippen LogP contribution in [0.2, 0.25) is 0 Å². The molecule has 0 atom stereocenters. The number of benzene rings is 2. The van der Waals surface area contributed by atoms with Gasteiger partial charge < -0.3 is 14.8 Å². The van der Waals surface area contributed by atoms with E-state index in [1.54, 1.807) is 24.4 Å². The number of phenols is 1. The molecule has 0 aliphatic heterocycles. The van der Waals surface area contributed by atoms with Gasteiger partial charge in [0.25, 0.3) is 0 Å². The number of carboxylic acids is 1. The maximum Gasteiger partial charge on any atom is 0.328 e. The Hall–Kier alpha value is -3.86. The molecule has 0 spiro atoms. The second-order valence-corrected chi connectivity index (χ2v) is 6.81. The molecule has 0 unspecified atom stereocenters. The van der Waals surface area contributed by atoms with E-state index in [1.165, 1.54) is 0 Å². The molecule has 4 rings (SSSR count). The minimum atomic E-state index is -0.970. The number of aromatic nitrogens is 2. The highest BCUT2D eigenvalue weighted by Crippen LogP contribution is 2.28. The number of pyridine rings is 1. The first-order valence-corrected chi connectivity index (χ1v) is 9.34. The maximum atomic E-state index is 10.9.